The molecule has 120 valence electrons. The monoisotopic (exact) mass is 320 g/mol. The second-order valence-corrected chi connectivity index (χ2v) is 5.27. The normalized spacial score (nSPS) is 11.8. The predicted octanol–water partition coefficient (Wildman–Crippen LogP) is 2.21. The van der Waals surface area contributed by atoms with E-state index in [1.807, 2.05) is 36.4 Å². The van der Waals surface area contributed by atoms with Gasteiger partial charge >= 0.3 is 6.09 Å². The van der Waals surface area contributed by atoms with Gasteiger partial charge in [0.15, 0.2) is 0 Å². The maximum Gasteiger partial charge on any atom is 0.408 e. The first kappa shape index (κ1) is 15.6. The molecule has 5 heteroatoms. The fourth-order valence-electron chi connectivity index (χ4n) is 2.35. The van der Waals surface area contributed by atoms with Gasteiger partial charge < -0.3 is 15.4 Å². The van der Waals surface area contributed by atoms with Crippen LogP contribution in [0.4, 0.5) is 4.79 Å². The third-order valence-electron chi connectivity index (χ3n) is 3.56. The number of benzene rings is 2. The van der Waals surface area contributed by atoms with Gasteiger partial charge in [0.25, 0.3) is 5.91 Å². The van der Waals surface area contributed by atoms with Crippen molar-refractivity contribution in [3.05, 3.63) is 70.8 Å². The standard InChI is InChI=1S/C19H16N2O3/c22-18-17-9-8-14(11-16(17)12-21-18)7-4-10-20-19(23)24-13-15-5-2-1-3-6-15/h1-3,5-6,8-9,11H,10,12-13H2,(H,20,23)(H,21,22). The van der Waals surface area contributed by atoms with Gasteiger partial charge in [0.05, 0.1) is 6.54 Å². The minimum absolute atomic E-state index is 0.0488. The lowest BCUT2D eigenvalue weighted by molar-refractivity contribution is 0.0965. The van der Waals surface area contributed by atoms with Gasteiger partial charge in [-0.25, -0.2) is 4.79 Å². The number of carbonyl (C=O) groups is 2. The van der Waals surface area contributed by atoms with E-state index in [1.54, 1.807) is 12.1 Å². The van der Waals surface area contributed by atoms with Crippen molar-refractivity contribution in [3.63, 3.8) is 0 Å². The second-order valence-electron chi connectivity index (χ2n) is 5.27. The van der Waals surface area contributed by atoms with Crippen molar-refractivity contribution in [2.24, 2.45) is 0 Å². The SMILES string of the molecule is O=C(NCC#Cc1ccc2c(c1)CNC2=O)OCc1ccccc1. The summed E-state index contributed by atoms with van der Waals surface area (Å²) in [6.45, 7) is 0.960. The molecule has 2 aromatic rings. The molecule has 3 rings (SSSR count). The van der Waals surface area contributed by atoms with Crippen molar-refractivity contribution >= 4 is 12.0 Å². The Morgan fingerprint density at radius 2 is 2.04 bits per heavy atom. The number of nitrogens with one attached hydrogen (secondary N) is 2. The van der Waals surface area contributed by atoms with Crippen LogP contribution in [0.3, 0.4) is 0 Å². The van der Waals surface area contributed by atoms with Gasteiger partial charge in [-0.1, -0.05) is 42.2 Å². The lowest BCUT2D eigenvalue weighted by Crippen LogP contribution is -2.24. The van der Waals surface area contributed by atoms with E-state index in [0.717, 1.165) is 16.7 Å². The van der Waals surface area contributed by atoms with Crippen LogP contribution < -0.4 is 10.6 Å². The Morgan fingerprint density at radius 1 is 1.21 bits per heavy atom. The van der Waals surface area contributed by atoms with Crippen LogP contribution in [-0.2, 0) is 17.9 Å². The molecule has 0 aromatic heterocycles. The van der Waals surface area contributed by atoms with Gasteiger partial charge in [-0.3, -0.25) is 4.79 Å². The highest BCUT2D eigenvalue weighted by atomic mass is 16.5. The maximum atomic E-state index is 11.6. The Bertz CT molecular complexity index is 819. The van der Waals surface area contributed by atoms with Gasteiger partial charge in [0.2, 0.25) is 0 Å². The molecule has 0 saturated carbocycles. The first-order valence-electron chi connectivity index (χ1n) is 7.57. The van der Waals surface area contributed by atoms with Gasteiger partial charge in [-0.2, -0.15) is 0 Å². The zero-order valence-corrected chi connectivity index (χ0v) is 13.0. The minimum atomic E-state index is -0.503. The van der Waals surface area contributed by atoms with E-state index in [4.69, 9.17) is 4.74 Å². The zero-order valence-electron chi connectivity index (χ0n) is 13.0. The van der Waals surface area contributed by atoms with Crippen LogP contribution in [0.2, 0.25) is 0 Å². The predicted molar refractivity (Wildman–Crippen MR) is 89.1 cm³/mol. The highest BCUT2D eigenvalue weighted by Gasteiger charge is 2.17. The summed E-state index contributed by atoms with van der Waals surface area (Å²) in [6, 6.07) is 14.9. The molecule has 24 heavy (non-hydrogen) atoms. The van der Waals surface area contributed by atoms with E-state index in [1.165, 1.54) is 0 Å². The molecule has 0 bridgehead atoms. The third-order valence-corrected chi connectivity index (χ3v) is 3.56. The summed E-state index contributed by atoms with van der Waals surface area (Å²) in [5.41, 5.74) is 3.38. The van der Waals surface area contributed by atoms with E-state index in [2.05, 4.69) is 22.5 Å². The Kier molecular flexibility index (Phi) is 4.78. The van der Waals surface area contributed by atoms with Gasteiger partial charge in [-0.05, 0) is 29.3 Å². The first-order chi connectivity index (χ1) is 11.7. The average Bonchev–Trinajstić information content (AvgIpc) is 2.98. The molecular weight excluding hydrogens is 304 g/mol. The summed E-state index contributed by atoms with van der Waals surface area (Å²) < 4.78 is 5.09. The lowest BCUT2D eigenvalue weighted by atomic mass is 10.1. The molecule has 0 atom stereocenters. The number of rotatable bonds is 3. The summed E-state index contributed by atoms with van der Waals surface area (Å²) in [6.07, 6.45) is -0.503. The van der Waals surface area contributed by atoms with Crippen molar-refractivity contribution in [2.75, 3.05) is 6.54 Å². The molecule has 2 aromatic carbocycles. The number of amides is 2. The summed E-state index contributed by atoms with van der Waals surface area (Å²) in [5.74, 6) is 5.78. The number of fused-ring (bicyclic) bond motifs is 1. The molecule has 2 N–H and O–H groups in total. The average molecular weight is 320 g/mol. The molecule has 0 radical (unpaired) electrons. The van der Waals surface area contributed by atoms with Crippen molar-refractivity contribution in [3.8, 4) is 11.8 Å². The van der Waals surface area contributed by atoms with Gasteiger partial charge in [-0.15, -0.1) is 0 Å². The highest BCUT2D eigenvalue weighted by Crippen LogP contribution is 2.16. The zero-order chi connectivity index (χ0) is 16.8. The number of hydrogen-bond donors (Lipinski definition) is 2. The maximum absolute atomic E-state index is 11.6. The van der Waals surface area contributed by atoms with Gasteiger partial charge in [0, 0.05) is 17.7 Å². The number of carbonyl (C=O) groups excluding carboxylic acids is 2. The number of alkyl carbamates (subject to hydrolysis) is 1. The van der Waals surface area contributed by atoms with Crippen LogP contribution in [0, 0.1) is 11.8 Å². The van der Waals surface area contributed by atoms with Crippen LogP contribution in [0.1, 0.15) is 27.0 Å². The Balaban J connectivity index is 1.46. The van der Waals surface area contributed by atoms with Crippen molar-refractivity contribution in [2.45, 2.75) is 13.2 Å². The quantitative estimate of drug-likeness (QED) is 0.852. The van der Waals surface area contributed by atoms with E-state index in [9.17, 15) is 9.59 Å². The molecule has 0 saturated heterocycles. The Morgan fingerprint density at radius 3 is 2.88 bits per heavy atom. The molecule has 0 fully saturated rings. The largest absolute Gasteiger partial charge is 0.445 e. The minimum Gasteiger partial charge on any atom is -0.445 e. The lowest BCUT2D eigenvalue weighted by Gasteiger charge is -2.04. The van der Waals surface area contributed by atoms with Crippen LogP contribution in [0.5, 0.6) is 0 Å². The fourth-order valence-corrected chi connectivity index (χ4v) is 2.35. The summed E-state index contributed by atoms with van der Waals surface area (Å²) >= 11 is 0. The molecular formula is C19H16N2O3. The molecule has 1 aliphatic heterocycles. The van der Waals surface area contributed by atoms with E-state index >= 15 is 0 Å². The van der Waals surface area contributed by atoms with E-state index < -0.39 is 6.09 Å². The molecule has 1 aliphatic rings. The second kappa shape index (κ2) is 7.34. The molecule has 0 unspecified atom stereocenters. The van der Waals surface area contributed by atoms with E-state index in [0.29, 0.717) is 12.1 Å². The van der Waals surface area contributed by atoms with E-state index in [-0.39, 0.29) is 19.1 Å². The number of hydrogen-bond acceptors (Lipinski definition) is 3. The van der Waals surface area contributed by atoms with Crippen molar-refractivity contribution in [1.82, 2.24) is 10.6 Å². The molecule has 0 spiro atoms. The number of ether oxygens (including phenoxy) is 1. The third kappa shape index (κ3) is 3.93. The van der Waals surface area contributed by atoms with Crippen LogP contribution >= 0.6 is 0 Å². The highest BCUT2D eigenvalue weighted by molar-refractivity contribution is 5.98. The summed E-state index contributed by atoms with van der Waals surface area (Å²) in [5, 5.41) is 5.34. The Hall–Kier alpha value is -3.26. The molecule has 5 nitrogen and oxygen atoms in total. The topological polar surface area (TPSA) is 67.4 Å². The van der Waals surface area contributed by atoms with Crippen LogP contribution in [0.15, 0.2) is 48.5 Å². The van der Waals surface area contributed by atoms with Crippen molar-refractivity contribution < 1.29 is 14.3 Å². The summed E-state index contributed by atoms with van der Waals surface area (Å²) in [4.78, 5) is 23.0. The fraction of sp³-hybridized carbons (Fsp3) is 0.158. The van der Waals surface area contributed by atoms with Gasteiger partial charge in [0.1, 0.15) is 6.61 Å². The van der Waals surface area contributed by atoms with Crippen LogP contribution in [0.25, 0.3) is 0 Å². The Labute approximate surface area is 140 Å². The molecule has 1 heterocycles. The molecule has 0 aliphatic carbocycles. The molecule has 2 amide bonds. The smallest absolute Gasteiger partial charge is 0.408 e. The summed E-state index contributed by atoms with van der Waals surface area (Å²) in [7, 11) is 0. The van der Waals surface area contributed by atoms with Crippen molar-refractivity contribution in [1.29, 1.82) is 0 Å². The first-order valence-corrected chi connectivity index (χ1v) is 7.57. The van der Waals surface area contributed by atoms with Crippen LogP contribution in [-0.4, -0.2) is 18.5 Å².